The zero-order valence-electron chi connectivity index (χ0n) is 8.63. The Labute approximate surface area is 75.9 Å². The minimum absolute atomic E-state index is 0.533. The van der Waals surface area contributed by atoms with Crippen LogP contribution in [0.5, 0.6) is 0 Å². The van der Waals surface area contributed by atoms with Gasteiger partial charge in [0.05, 0.1) is 0 Å². The minimum atomic E-state index is 0.533. The summed E-state index contributed by atoms with van der Waals surface area (Å²) in [5.74, 6) is 1.29. The SMILES string of the molecule is CC[C@@H](C)C[C@H](C)/C=C(\C)C=O. The maximum Gasteiger partial charge on any atom is 0.145 e. The summed E-state index contributed by atoms with van der Waals surface area (Å²) in [4.78, 5) is 10.3. The highest BCUT2D eigenvalue weighted by Gasteiger charge is 2.04. The normalized spacial score (nSPS) is 17.2. The van der Waals surface area contributed by atoms with Crippen LogP contribution in [0.3, 0.4) is 0 Å². The molecular formula is C11H20O. The fraction of sp³-hybridized carbons (Fsp3) is 0.727. The molecule has 2 atom stereocenters. The fourth-order valence-corrected chi connectivity index (χ4v) is 1.36. The Morgan fingerprint density at radius 3 is 2.42 bits per heavy atom. The van der Waals surface area contributed by atoms with Crippen molar-refractivity contribution in [1.29, 1.82) is 0 Å². The molecule has 0 aliphatic carbocycles. The van der Waals surface area contributed by atoms with Crippen LogP contribution < -0.4 is 0 Å². The van der Waals surface area contributed by atoms with Crippen molar-refractivity contribution in [3.05, 3.63) is 11.6 Å². The van der Waals surface area contributed by atoms with Crippen molar-refractivity contribution in [3.8, 4) is 0 Å². The van der Waals surface area contributed by atoms with Gasteiger partial charge in [-0.15, -0.1) is 0 Å². The van der Waals surface area contributed by atoms with Crippen molar-refractivity contribution in [2.24, 2.45) is 11.8 Å². The van der Waals surface area contributed by atoms with Crippen molar-refractivity contribution >= 4 is 6.29 Å². The van der Waals surface area contributed by atoms with E-state index in [1.807, 2.05) is 6.92 Å². The third-order valence-electron chi connectivity index (χ3n) is 2.20. The Bertz CT molecular complexity index is 158. The first-order valence-electron chi connectivity index (χ1n) is 4.73. The molecule has 0 bridgehead atoms. The van der Waals surface area contributed by atoms with Gasteiger partial charge in [0, 0.05) is 0 Å². The summed E-state index contributed by atoms with van der Waals surface area (Å²) in [5.41, 5.74) is 0.853. The molecule has 0 aliphatic rings. The first-order valence-corrected chi connectivity index (χ1v) is 4.73. The molecule has 12 heavy (non-hydrogen) atoms. The zero-order valence-corrected chi connectivity index (χ0v) is 8.63. The highest BCUT2D eigenvalue weighted by Crippen LogP contribution is 2.16. The second kappa shape index (κ2) is 5.99. The maximum absolute atomic E-state index is 10.3. The number of aldehydes is 1. The molecule has 0 rings (SSSR count). The molecule has 1 nitrogen and oxygen atoms in total. The Kier molecular flexibility index (Phi) is 5.69. The molecule has 0 amide bonds. The summed E-state index contributed by atoms with van der Waals surface area (Å²) >= 11 is 0. The van der Waals surface area contributed by atoms with Crippen molar-refractivity contribution in [2.75, 3.05) is 0 Å². The number of rotatable bonds is 5. The number of hydrogen-bond donors (Lipinski definition) is 0. The van der Waals surface area contributed by atoms with Crippen molar-refractivity contribution in [1.82, 2.24) is 0 Å². The van der Waals surface area contributed by atoms with E-state index in [1.54, 1.807) is 0 Å². The van der Waals surface area contributed by atoms with Gasteiger partial charge in [-0.3, -0.25) is 4.79 Å². The van der Waals surface area contributed by atoms with Crippen LogP contribution in [0.25, 0.3) is 0 Å². The molecule has 0 fully saturated rings. The number of carbonyl (C=O) groups is 1. The molecule has 0 aromatic rings. The van der Waals surface area contributed by atoms with E-state index in [4.69, 9.17) is 0 Å². The predicted octanol–water partition coefficient (Wildman–Crippen LogP) is 3.20. The quantitative estimate of drug-likeness (QED) is 0.455. The van der Waals surface area contributed by atoms with Gasteiger partial charge in [-0.2, -0.15) is 0 Å². The van der Waals surface area contributed by atoms with Gasteiger partial charge in [0.2, 0.25) is 0 Å². The molecule has 0 aromatic heterocycles. The van der Waals surface area contributed by atoms with Gasteiger partial charge >= 0.3 is 0 Å². The third kappa shape index (κ3) is 5.11. The molecule has 0 saturated carbocycles. The standard InChI is InChI=1S/C11H20O/c1-5-9(2)6-10(3)7-11(4)8-12/h7-10H,5-6H2,1-4H3/b11-7+/t9-,10+/m1/s1. The summed E-state index contributed by atoms with van der Waals surface area (Å²) in [7, 11) is 0. The topological polar surface area (TPSA) is 17.1 Å². The monoisotopic (exact) mass is 168 g/mol. The second-order valence-corrected chi connectivity index (χ2v) is 3.75. The van der Waals surface area contributed by atoms with E-state index in [0.717, 1.165) is 17.8 Å². The van der Waals surface area contributed by atoms with Crippen LogP contribution in [-0.2, 0) is 4.79 Å². The van der Waals surface area contributed by atoms with Gasteiger partial charge in [0.15, 0.2) is 0 Å². The van der Waals surface area contributed by atoms with E-state index in [0.29, 0.717) is 5.92 Å². The average Bonchev–Trinajstić information content (AvgIpc) is 2.03. The predicted molar refractivity (Wildman–Crippen MR) is 53.1 cm³/mol. The Balaban J connectivity index is 3.87. The van der Waals surface area contributed by atoms with Crippen LogP contribution >= 0.6 is 0 Å². The molecule has 0 spiro atoms. The lowest BCUT2D eigenvalue weighted by atomic mass is 9.94. The van der Waals surface area contributed by atoms with Gasteiger partial charge < -0.3 is 0 Å². The first kappa shape index (κ1) is 11.4. The zero-order chi connectivity index (χ0) is 9.56. The van der Waals surface area contributed by atoms with Gasteiger partial charge in [0.1, 0.15) is 6.29 Å². The highest BCUT2D eigenvalue weighted by atomic mass is 16.1. The second-order valence-electron chi connectivity index (χ2n) is 3.75. The van der Waals surface area contributed by atoms with Crippen molar-refractivity contribution in [2.45, 2.75) is 40.5 Å². The van der Waals surface area contributed by atoms with Crippen LogP contribution in [0.15, 0.2) is 11.6 Å². The minimum Gasteiger partial charge on any atom is -0.298 e. The lowest BCUT2D eigenvalue weighted by molar-refractivity contribution is -0.104. The van der Waals surface area contributed by atoms with E-state index in [-0.39, 0.29) is 0 Å². The van der Waals surface area contributed by atoms with Crippen LogP contribution in [0.4, 0.5) is 0 Å². The molecule has 70 valence electrons. The highest BCUT2D eigenvalue weighted by molar-refractivity contribution is 5.72. The molecule has 0 unspecified atom stereocenters. The summed E-state index contributed by atoms with van der Waals surface area (Å²) in [6.07, 6.45) is 5.38. The van der Waals surface area contributed by atoms with E-state index < -0.39 is 0 Å². The summed E-state index contributed by atoms with van der Waals surface area (Å²) in [6, 6.07) is 0. The third-order valence-corrected chi connectivity index (χ3v) is 2.20. The Hall–Kier alpha value is -0.590. The lowest BCUT2D eigenvalue weighted by Gasteiger charge is -2.12. The molecule has 1 heteroatoms. The fourth-order valence-electron chi connectivity index (χ4n) is 1.36. The summed E-state index contributed by atoms with van der Waals surface area (Å²) in [5, 5.41) is 0. The van der Waals surface area contributed by atoms with E-state index in [9.17, 15) is 4.79 Å². The van der Waals surface area contributed by atoms with Crippen LogP contribution in [0.1, 0.15) is 40.5 Å². The van der Waals surface area contributed by atoms with Gasteiger partial charge in [0.25, 0.3) is 0 Å². The first-order chi connectivity index (χ1) is 5.60. The largest absolute Gasteiger partial charge is 0.298 e. The number of carbonyl (C=O) groups excluding carboxylic acids is 1. The number of allylic oxidation sites excluding steroid dienone is 2. The molecule has 0 aromatic carbocycles. The van der Waals surface area contributed by atoms with Crippen molar-refractivity contribution in [3.63, 3.8) is 0 Å². The van der Waals surface area contributed by atoms with Gasteiger partial charge in [-0.1, -0.05) is 33.3 Å². The van der Waals surface area contributed by atoms with Crippen LogP contribution in [0.2, 0.25) is 0 Å². The Morgan fingerprint density at radius 2 is 2.00 bits per heavy atom. The van der Waals surface area contributed by atoms with E-state index >= 15 is 0 Å². The molecule has 0 radical (unpaired) electrons. The summed E-state index contributed by atoms with van der Waals surface area (Å²) < 4.78 is 0. The van der Waals surface area contributed by atoms with Crippen LogP contribution in [0, 0.1) is 11.8 Å². The molecule has 0 saturated heterocycles. The molecule has 0 heterocycles. The lowest BCUT2D eigenvalue weighted by Crippen LogP contribution is -2.00. The smallest absolute Gasteiger partial charge is 0.145 e. The van der Waals surface area contributed by atoms with Gasteiger partial charge in [-0.25, -0.2) is 0 Å². The van der Waals surface area contributed by atoms with Crippen LogP contribution in [-0.4, -0.2) is 6.29 Å². The van der Waals surface area contributed by atoms with E-state index in [2.05, 4.69) is 26.8 Å². The number of hydrogen-bond acceptors (Lipinski definition) is 1. The Morgan fingerprint density at radius 1 is 1.42 bits per heavy atom. The molecule has 0 N–H and O–H groups in total. The molecular weight excluding hydrogens is 148 g/mol. The summed E-state index contributed by atoms with van der Waals surface area (Å²) in [6.45, 7) is 8.48. The van der Waals surface area contributed by atoms with Crippen molar-refractivity contribution < 1.29 is 4.79 Å². The average molecular weight is 168 g/mol. The van der Waals surface area contributed by atoms with Gasteiger partial charge in [-0.05, 0) is 30.8 Å². The molecule has 0 aliphatic heterocycles. The maximum atomic E-state index is 10.3. The van der Waals surface area contributed by atoms with E-state index in [1.165, 1.54) is 12.8 Å².